The number of nitrogens with one attached hydrogen (secondary N) is 2. The van der Waals surface area contributed by atoms with Crippen molar-refractivity contribution in [2.24, 2.45) is 0 Å². The molecular formula is C17H23F3N3O+. The van der Waals surface area contributed by atoms with Crippen molar-refractivity contribution in [3.8, 4) is 0 Å². The Morgan fingerprint density at radius 3 is 2.54 bits per heavy atom. The fraction of sp³-hybridized carbons (Fsp3) is 0.588. The average molecular weight is 342 g/mol. The van der Waals surface area contributed by atoms with Gasteiger partial charge in [0.15, 0.2) is 6.04 Å². The maximum absolute atomic E-state index is 12.8. The second-order valence-corrected chi connectivity index (χ2v) is 6.70. The fourth-order valence-electron chi connectivity index (χ4n) is 3.10. The highest BCUT2D eigenvalue weighted by molar-refractivity contribution is 5.80. The van der Waals surface area contributed by atoms with Crippen LogP contribution in [-0.2, 0) is 11.0 Å². The highest BCUT2D eigenvalue weighted by Crippen LogP contribution is 2.31. The summed E-state index contributed by atoms with van der Waals surface area (Å²) in [5.41, 5.74) is -0.0223. The third kappa shape index (κ3) is 4.01. The van der Waals surface area contributed by atoms with E-state index in [4.69, 9.17) is 0 Å². The van der Waals surface area contributed by atoms with E-state index in [0.717, 1.165) is 32.0 Å². The van der Waals surface area contributed by atoms with E-state index in [0.29, 0.717) is 24.8 Å². The van der Waals surface area contributed by atoms with Crippen LogP contribution in [0.5, 0.6) is 0 Å². The predicted octanol–water partition coefficient (Wildman–Crippen LogP) is 1.08. The number of hydrogen-bond donors (Lipinski definition) is 2. The maximum atomic E-state index is 12.8. The van der Waals surface area contributed by atoms with Gasteiger partial charge in [-0.15, -0.1) is 0 Å². The molecule has 2 fully saturated rings. The number of quaternary nitrogens is 1. The Balaban J connectivity index is 1.57. The Morgan fingerprint density at radius 1 is 1.29 bits per heavy atom. The number of carbonyl (C=O) groups is 1. The normalized spacial score (nSPS) is 20.8. The lowest BCUT2D eigenvalue weighted by Crippen LogP contribution is -3.19. The molecule has 1 heterocycles. The van der Waals surface area contributed by atoms with Crippen molar-refractivity contribution in [2.45, 2.75) is 38.0 Å². The third-order valence-corrected chi connectivity index (χ3v) is 4.87. The number of halogens is 3. The molecule has 1 aromatic rings. The summed E-state index contributed by atoms with van der Waals surface area (Å²) in [6, 6.07) is 5.69. The zero-order chi connectivity index (χ0) is 17.3. The van der Waals surface area contributed by atoms with Crippen molar-refractivity contribution in [1.29, 1.82) is 0 Å². The first kappa shape index (κ1) is 17.1. The number of piperazine rings is 1. The van der Waals surface area contributed by atoms with Gasteiger partial charge in [0.05, 0.1) is 31.7 Å². The van der Waals surface area contributed by atoms with E-state index >= 15 is 0 Å². The molecule has 0 spiro atoms. The smallest absolute Gasteiger partial charge is 0.360 e. The van der Waals surface area contributed by atoms with Crippen molar-refractivity contribution < 1.29 is 22.9 Å². The van der Waals surface area contributed by atoms with E-state index in [1.54, 1.807) is 6.07 Å². The van der Waals surface area contributed by atoms with E-state index in [9.17, 15) is 18.0 Å². The van der Waals surface area contributed by atoms with Crippen LogP contribution in [0.4, 0.5) is 18.9 Å². The van der Waals surface area contributed by atoms with Gasteiger partial charge in [0, 0.05) is 11.7 Å². The molecule has 7 heteroatoms. The molecule has 0 bridgehead atoms. The minimum Gasteiger partial charge on any atom is -0.360 e. The van der Waals surface area contributed by atoms with Gasteiger partial charge in [-0.3, -0.25) is 4.79 Å². The molecule has 24 heavy (non-hydrogen) atoms. The molecule has 3 rings (SSSR count). The number of benzene rings is 1. The zero-order valence-electron chi connectivity index (χ0n) is 13.7. The summed E-state index contributed by atoms with van der Waals surface area (Å²) >= 11 is 0. The standard InChI is InChI=1S/C17H22F3N3O/c1-12(16(24)21-14-5-6-14)22-7-9-23(10-8-22)15-4-2-3-13(11-15)17(18,19)20/h2-4,11-12,14H,5-10H2,1H3,(H,21,24)/p+1/t12-/m0/s1. The number of rotatable bonds is 4. The topological polar surface area (TPSA) is 36.8 Å². The van der Waals surface area contributed by atoms with Gasteiger partial charge in [0.1, 0.15) is 0 Å². The van der Waals surface area contributed by atoms with Gasteiger partial charge >= 0.3 is 6.18 Å². The van der Waals surface area contributed by atoms with E-state index in [1.807, 2.05) is 11.8 Å². The zero-order valence-corrected chi connectivity index (χ0v) is 13.7. The molecular weight excluding hydrogens is 319 g/mol. The Hall–Kier alpha value is -1.76. The number of amides is 1. The molecule has 1 atom stereocenters. The molecule has 2 N–H and O–H groups in total. The molecule has 1 saturated heterocycles. The minimum absolute atomic E-state index is 0.0834. The van der Waals surface area contributed by atoms with E-state index in [1.165, 1.54) is 17.0 Å². The van der Waals surface area contributed by atoms with Crippen LogP contribution in [0, 0.1) is 0 Å². The van der Waals surface area contributed by atoms with Crippen LogP contribution in [0.25, 0.3) is 0 Å². The summed E-state index contributed by atoms with van der Waals surface area (Å²) in [6.07, 6.45) is -2.19. The monoisotopic (exact) mass is 342 g/mol. The number of anilines is 1. The molecule has 132 valence electrons. The Bertz CT molecular complexity index is 593. The van der Waals surface area contributed by atoms with Crippen molar-refractivity contribution in [3.63, 3.8) is 0 Å². The Labute approximate surface area is 139 Å². The van der Waals surface area contributed by atoms with E-state index in [2.05, 4.69) is 5.32 Å². The van der Waals surface area contributed by atoms with Crippen LogP contribution >= 0.6 is 0 Å². The summed E-state index contributed by atoms with van der Waals surface area (Å²) in [5, 5.41) is 3.02. The van der Waals surface area contributed by atoms with E-state index < -0.39 is 11.7 Å². The van der Waals surface area contributed by atoms with Gasteiger partial charge < -0.3 is 15.1 Å². The second-order valence-electron chi connectivity index (χ2n) is 6.70. The van der Waals surface area contributed by atoms with Gasteiger partial charge in [-0.05, 0) is 38.0 Å². The van der Waals surface area contributed by atoms with Crippen LogP contribution in [0.2, 0.25) is 0 Å². The summed E-state index contributed by atoms with van der Waals surface area (Å²) < 4.78 is 38.5. The Kier molecular flexibility index (Phi) is 4.71. The molecule has 4 nitrogen and oxygen atoms in total. The van der Waals surface area contributed by atoms with Gasteiger partial charge in [-0.2, -0.15) is 13.2 Å². The van der Waals surface area contributed by atoms with Crippen LogP contribution < -0.4 is 15.1 Å². The van der Waals surface area contributed by atoms with Crippen LogP contribution in [-0.4, -0.2) is 44.2 Å². The van der Waals surface area contributed by atoms with Crippen LogP contribution in [0.1, 0.15) is 25.3 Å². The Morgan fingerprint density at radius 2 is 1.96 bits per heavy atom. The SMILES string of the molecule is C[C@@H](C(=O)NC1CC1)[NH+]1CCN(c2cccc(C(F)(F)F)c2)CC1. The van der Waals surface area contributed by atoms with Crippen molar-refractivity contribution in [3.05, 3.63) is 29.8 Å². The first-order valence-electron chi connectivity index (χ1n) is 8.42. The molecule has 1 aromatic carbocycles. The fourth-order valence-corrected chi connectivity index (χ4v) is 3.10. The summed E-state index contributed by atoms with van der Waals surface area (Å²) in [5.74, 6) is 0.0834. The number of nitrogens with zero attached hydrogens (tertiary/aromatic N) is 1. The summed E-state index contributed by atoms with van der Waals surface area (Å²) in [6.45, 7) is 4.72. The lowest BCUT2D eigenvalue weighted by molar-refractivity contribution is -0.914. The largest absolute Gasteiger partial charge is 0.416 e. The van der Waals surface area contributed by atoms with E-state index in [-0.39, 0.29) is 11.9 Å². The highest BCUT2D eigenvalue weighted by Gasteiger charge is 2.34. The summed E-state index contributed by atoms with van der Waals surface area (Å²) in [4.78, 5) is 15.3. The average Bonchev–Trinajstić information content (AvgIpc) is 3.37. The molecule has 1 saturated carbocycles. The van der Waals surface area contributed by atoms with Crippen molar-refractivity contribution >= 4 is 11.6 Å². The maximum Gasteiger partial charge on any atom is 0.416 e. The third-order valence-electron chi connectivity index (χ3n) is 4.87. The van der Waals surface area contributed by atoms with Gasteiger partial charge in [-0.1, -0.05) is 6.07 Å². The van der Waals surface area contributed by atoms with Crippen LogP contribution in [0.15, 0.2) is 24.3 Å². The van der Waals surface area contributed by atoms with Gasteiger partial charge in [-0.25, -0.2) is 0 Å². The molecule has 1 aliphatic carbocycles. The molecule has 1 amide bonds. The number of carbonyl (C=O) groups excluding carboxylic acids is 1. The van der Waals surface area contributed by atoms with Crippen molar-refractivity contribution in [1.82, 2.24) is 5.32 Å². The van der Waals surface area contributed by atoms with Crippen LogP contribution in [0.3, 0.4) is 0 Å². The molecule has 1 aliphatic heterocycles. The first-order valence-corrected chi connectivity index (χ1v) is 8.42. The highest BCUT2D eigenvalue weighted by atomic mass is 19.4. The van der Waals surface area contributed by atoms with Gasteiger partial charge in [0.25, 0.3) is 5.91 Å². The number of alkyl halides is 3. The lowest BCUT2D eigenvalue weighted by Gasteiger charge is -2.36. The molecule has 0 aromatic heterocycles. The number of hydrogen-bond acceptors (Lipinski definition) is 2. The second kappa shape index (κ2) is 6.63. The molecule has 0 radical (unpaired) electrons. The molecule has 2 aliphatic rings. The summed E-state index contributed by atoms with van der Waals surface area (Å²) in [7, 11) is 0. The predicted molar refractivity (Wildman–Crippen MR) is 85.0 cm³/mol. The van der Waals surface area contributed by atoms with Crippen molar-refractivity contribution in [2.75, 3.05) is 31.1 Å². The van der Waals surface area contributed by atoms with Gasteiger partial charge in [0.2, 0.25) is 0 Å². The minimum atomic E-state index is -4.32. The quantitative estimate of drug-likeness (QED) is 0.859. The first-order chi connectivity index (χ1) is 11.3. The molecule has 0 unspecified atom stereocenters. The lowest BCUT2D eigenvalue weighted by atomic mass is 10.1.